The van der Waals surface area contributed by atoms with E-state index in [1.807, 2.05) is 47.7 Å². The quantitative estimate of drug-likeness (QED) is 0.400. The minimum Gasteiger partial charge on any atom is -0.382 e. The van der Waals surface area contributed by atoms with Gasteiger partial charge >= 0.3 is 0 Å². The van der Waals surface area contributed by atoms with Gasteiger partial charge in [0, 0.05) is 68.5 Å². The van der Waals surface area contributed by atoms with E-state index < -0.39 is 5.91 Å². The fraction of sp³-hybridized carbons (Fsp3) is 0.333. The number of aromatic nitrogens is 5. The molecule has 3 N–H and O–H groups in total. The summed E-state index contributed by atoms with van der Waals surface area (Å²) in [6, 6.07) is 8.13. The Morgan fingerprint density at radius 3 is 2.66 bits per heavy atom. The third-order valence-corrected chi connectivity index (χ3v) is 6.86. The predicted octanol–water partition coefficient (Wildman–Crippen LogP) is 2.09. The highest BCUT2D eigenvalue weighted by molar-refractivity contribution is 5.96. The van der Waals surface area contributed by atoms with E-state index in [-0.39, 0.29) is 30.5 Å². The maximum atomic E-state index is 13.0. The molecule has 0 unspecified atom stereocenters. The van der Waals surface area contributed by atoms with E-state index in [2.05, 4.69) is 31.2 Å². The summed E-state index contributed by atoms with van der Waals surface area (Å²) >= 11 is 0. The van der Waals surface area contributed by atoms with Gasteiger partial charge in [-0.3, -0.25) is 9.59 Å². The lowest BCUT2D eigenvalue weighted by molar-refractivity contribution is -0.131. The molecule has 4 heterocycles. The van der Waals surface area contributed by atoms with Crippen molar-refractivity contribution in [2.75, 3.05) is 36.8 Å². The van der Waals surface area contributed by atoms with Gasteiger partial charge in [0.15, 0.2) is 11.5 Å². The van der Waals surface area contributed by atoms with Crippen molar-refractivity contribution in [3.05, 3.63) is 71.7 Å². The molecule has 38 heavy (non-hydrogen) atoms. The molecule has 3 aromatic heterocycles. The Hall–Kier alpha value is -4.54. The molecule has 0 atom stereocenters. The maximum Gasteiger partial charge on any atom is 0.273 e. The number of imidazole rings is 1. The molecule has 5 rings (SSSR count). The van der Waals surface area contributed by atoms with Crippen LogP contribution in [-0.4, -0.2) is 67.4 Å². The van der Waals surface area contributed by atoms with Gasteiger partial charge < -0.3 is 25.4 Å². The van der Waals surface area contributed by atoms with E-state index in [1.54, 1.807) is 6.20 Å². The number of nitrogens with two attached hydrogens (primary N) is 1. The van der Waals surface area contributed by atoms with E-state index in [4.69, 9.17) is 10.7 Å². The summed E-state index contributed by atoms with van der Waals surface area (Å²) < 4.78 is 1.86. The second-order valence-corrected chi connectivity index (χ2v) is 9.41. The number of benzene rings is 1. The molecule has 0 aliphatic carbocycles. The van der Waals surface area contributed by atoms with Crippen LogP contribution in [0.5, 0.6) is 0 Å². The number of pyridine rings is 1. The Kier molecular flexibility index (Phi) is 7.16. The third-order valence-electron chi connectivity index (χ3n) is 6.86. The van der Waals surface area contributed by atoms with E-state index in [0.29, 0.717) is 19.6 Å². The SMILES string of the molecule is Cc1cccc2cc(CNC(=O)c3nccnc3N)c(N3CCCN(C(=O)Cn4ccnc4C)CC3)nc12. The van der Waals surface area contributed by atoms with Crippen molar-refractivity contribution in [1.82, 2.24) is 34.7 Å². The largest absolute Gasteiger partial charge is 0.382 e. The lowest BCUT2D eigenvalue weighted by Crippen LogP contribution is -2.37. The van der Waals surface area contributed by atoms with E-state index in [9.17, 15) is 9.59 Å². The molecule has 4 aromatic rings. The van der Waals surface area contributed by atoms with E-state index >= 15 is 0 Å². The first-order valence-corrected chi connectivity index (χ1v) is 12.6. The molecule has 0 spiro atoms. The lowest BCUT2D eigenvalue weighted by atomic mass is 10.1. The van der Waals surface area contributed by atoms with Gasteiger partial charge in [0.2, 0.25) is 5.91 Å². The van der Waals surface area contributed by atoms with Gasteiger partial charge in [0.1, 0.15) is 18.2 Å². The summed E-state index contributed by atoms with van der Waals surface area (Å²) in [4.78, 5) is 47.2. The van der Waals surface area contributed by atoms with Crippen molar-refractivity contribution in [2.24, 2.45) is 0 Å². The number of hydrogen-bond acceptors (Lipinski definition) is 8. The Morgan fingerprint density at radius 2 is 1.87 bits per heavy atom. The topological polar surface area (TPSA) is 135 Å². The molecule has 2 amide bonds. The minimum atomic E-state index is -0.395. The Labute approximate surface area is 220 Å². The molecular formula is C27H31N9O2. The molecule has 0 bridgehead atoms. The zero-order valence-electron chi connectivity index (χ0n) is 21.6. The van der Waals surface area contributed by atoms with Crippen molar-refractivity contribution >= 4 is 34.4 Å². The third kappa shape index (κ3) is 5.26. The number of nitrogens with one attached hydrogen (secondary N) is 1. The molecule has 1 fully saturated rings. The second-order valence-electron chi connectivity index (χ2n) is 9.41. The van der Waals surface area contributed by atoms with Crippen LogP contribution < -0.4 is 16.0 Å². The average molecular weight is 514 g/mol. The highest BCUT2D eigenvalue weighted by Gasteiger charge is 2.23. The molecule has 0 saturated carbocycles. The number of anilines is 2. The molecule has 1 aromatic carbocycles. The standard InChI is InChI=1S/C27H31N9O2/c1-18-5-3-6-20-15-21(16-32-27(38)24-25(28)31-8-7-30-24)26(33-23(18)20)35-11-4-10-34(13-14-35)22(37)17-36-12-9-29-19(36)2/h3,5-9,12,15H,4,10-11,13-14,16-17H2,1-2H3,(H2,28,31)(H,32,38). The van der Waals surface area contributed by atoms with Crippen LogP contribution in [0, 0.1) is 13.8 Å². The fourth-order valence-electron chi connectivity index (χ4n) is 4.76. The number of nitrogens with zero attached hydrogens (tertiary/aromatic N) is 7. The van der Waals surface area contributed by atoms with Gasteiger partial charge in [-0.25, -0.2) is 19.9 Å². The maximum absolute atomic E-state index is 13.0. The van der Waals surface area contributed by atoms with Gasteiger partial charge in [0.25, 0.3) is 5.91 Å². The molecule has 1 saturated heterocycles. The average Bonchev–Trinajstić information content (AvgIpc) is 3.16. The summed E-state index contributed by atoms with van der Waals surface area (Å²) in [7, 11) is 0. The van der Waals surface area contributed by atoms with Crippen LogP contribution in [0.2, 0.25) is 0 Å². The van der Waals surface area contributed by atoms with Crippen LogP contribution in [0.4, 0.5) is 11.6 Å². The smallest absolute Gasteiger partial charge is 0.273 e. The van der Waals surface area contributed by atoms with E-state index in [0.717, 1.165) is 46.6 Å². The number of nitrogen functional groups attached to an aromatic ring is 1. The van der Waals surface area contributed by atoms with Gasteiger partial charge in [-0.15, -0.1) is 0 Å². The number of hydrogen-bond donors (Lipinski definition) is 2. The molecule has 1 aliphatic rings. The van der Waals surface area contributed by atoms with E-state index in [1.165, 1.54) is 12.4 Å². The van der Waals surface area contributed by atoms with Crippen molar-refractivity contribution in [3.63, 3.8) is 0 Å². The van der Waals surface area contributed by atoms with Crippen LogP contribution in [0.3, 0.4) is 0 Å². The predicted molar refractivity (Wildman–Crippen MR) is 144 cm³/mol. The molecular weight excluding hydrogens is 482 g/mol. The van der Waals surface area contributed by atoms with Crippen molar-refractivity contribution < 1.29 is 9.59 Å². The van der Waals surface area contributed by atoms with Gasteiger partial charge in [-0.05, 0) is 31.9 Å². The molecule has 11 heteroatoms. The van der Waals surface area contributed by atoms with Crippen LogP contribution >= 0.6 is 0 Å². The number of carbonyl (C=O) groups excluding carboxylic acids is 2. The summed E-state index contributed by atoms with van der Waals surface area (Å²) in [5.74, 6) is 1.39. The summed E-state index contributed by atoms with van der Waals surface area (Å²) in [6.45, 7) is 7.10. The number of fused-ring (bicyclic) bond motifs is 1. The number of para-hydroxylation sites is 1. The molecule has 1 aliphatic heterocycles. The molecule has 196 valence electrons. The highest BCUT2D eigenvalue weighted by atomic mass is 16.2. The monoisotopic (exact) mass is 513 g/mol. The number of amides is 2. The number of aryl methyl sites for hydroxylation is 2. The first kappa shape index (κ1) is 25.1. The zero-order valence-corrected chi connectivity index (χ0v) is 21.6. The Morgan fingerprint density at radius 1 is 1.03 bits per heavy atom. The fourth-order valence-corrected chi connectivity index (χ4v) is 4.76. The summed E-state index contributed by atoms with van der Waals surface area (Å²) in [6.07, 6.45) is 7.23. The Balaban J connectivity index is 1.37. The summed E-state index contributed by atoms with van der Waals surface area (Å²) in [5, 5.41) is 3.93. The van der Waals surface area contributed by atoms with Gasteiger partial charge in [0.05, 0.1) is 5.52 Å². The number of rotatable bonds is 6. The Bertz CT molecular complexity index is 1480. The molecule has 0 radical (unpaired) electrons. The van der Waals surface area contributed by atoms with Crippen molar-refractivity contribution in [2.45, 2.75) is 33.4 Å². The van der Waals surface area contributed by atoms with Crippen LogP contribution in [0.15, 0.2) is 49.1 Å². The molecule has 11 nitrogen and oxygen atoms in total. The zero-order chi connectivity index (χ0) is 26.6. The first-order chi connectivity index (χ1) is 18.4. The normalized spacial score (nSPS) is 13.9. The highest BCUT2D eigenvalue weighted by Crippen LogP contribution is 2.27. The van der Waals surface area contributed by atoms with Crippen molar-refractivity contribution in [1.29, 1.82) is 0 Å². The van der Waals surface area contributed by atoms with Crippen LogP contribution in [-0.2, 0) is 17.9 Å². The van der Waals surface area contributed by atoms with Crippen molar-refractivity contribution in [3.8, 4) is 0 Å². The minimum absolute atomic E-state index is 0.0734. The van der Waals surface area contributed by atoms with Crippen LogP contribution in [0.1, 0.15) is 33.9 Å². The second kappa shape index (κ2) is 10.8. The summed E-state index contributed by atoms with van der Waals surface area (Å²) in [5.41, 5.74) is 8.81. The van der Waals surface area contributed by atoms with Crippen LogP contribution in [0.25, 0.3) is 10.9 Å². The van der Waals surface area contributed by atoms with Gasteiger partial charge in [-0.2, -0.15) is 0 Å². The lowest BCUT2D eigenvalue weighted by Gasteiger charge is -2.26. The van der Waals surface area contributed by atoms with Gasteiger partial charge in [-0.1, -0.05) is 18.2 Å². The number of carbonyl (C=O) groups is 2. The first-order valence-electron chi connectivity index (χ1n) is 12.6.